The highest BCUT2D eigenvalue weighted by molar-refractivity contribution is 5.74. The molecule has 0 aromatic heterocycles. The third kappa shape index (κ3) is 5.36. The van der Waals surface area contributed by atoms with Gasteiger partial charge < -0.3 is 22.1 Å². The number of hydrogen-bond acceptors (Lipinski definition) is 3. The van der Waals surface area contributed by atoms with Crippen LogP contribution in [0.25, 0.3) is 0 Å². The number of nitrogens with one attached hydrogen (secondary N) is 2. The topological polar surface area (TPSA) is 93.2 Å². The Labute approximate surface area is 126 Å². The maximum Gasteiger partial charge on any atom is 0.315 e. The van der Waals surface area contributed by atoms with Crippen LogP contribution in [-0.4, -0.2) is 31.2 Å². The molecule has 0 saturated heterocycles. The van der Waals surface area contributed by atoms with Crippen LogP contribution < -0.4 is 22.1 Å². The first-order valence-electron chi connectivity index (χ1n) is 7.71. The Morgan fingerprint density at radius 3 is 2.67 bits per heavy atom. The van der Waals surface area contributed by atoms with Crippen molar-refractivity contribution in [1.29, 1.82) is 0 Å². The van der Waals surface area contributed by atoms with Crippen LogP contribution >= 0.6 is 0 Å². The molecule has 0 bridgehead atoms. The number of amides is 2. The van der Waals surface area contributed by atoms with Gasteiger partial charge in [0.1, 0.15) is 0 Å². The Kier molecular flexibility index (Phi) is 6.02. The molecule has 21 heavy (non-hydrogen) atoms. The highest BCUT2D eigenvalue weighted by Gasteiger charge is 2.28. The molecular weight excluding hydrogens is 264 g/mol. The van der Waals surface area contributed by atoms with Gasteiger partial charge >= 0.3 is 6.03 Å². The van der Waals surface area contributed by atoms with Gasteiger partial charge in [-0.25, -0.2) is 4.79 Å². The number of rotatable bonds is 7. The highest BCUT2D eigenvalue weighted by atomic mass is 16.2. The van der Waals surface area contributed by atoms with Gasteiger partial charge in [0, 0.05) is 18.6 Å². The molecule has 2 rings (SSSR count). The number of carbonyl (C=O) groups excluding carboxylic acids is 1. The van der Waals surface area contributed by atoms with E-state index in [1.807, 2.05) is 18.2 Å². The third-order valence-corrected chi connectivity index (χ3v) is 4.05. The summed E-state index contributed by atoms with van der Waals surface area (Å²) < 4.78 is 0. The van der Waals surface area contributed by atoms with Crippen molar-refractivity contribution in [3.63, 3.8) is 0 Å². The van der Waals surface area contributed by atoms with Crippen LogP contribution in [0.1, 0.15) is 24.8 Å². The van der Waals surface area contributed by atoms with Crippen molar-refractivity contribution in [2.45, 2.75) is 37.8 Å². The monoisotopic (exact) mass is 290 g/mol. The minimum absolute atomic E-state index is 0.0676. The Morgan fingerprint density at radius 1 is 1.29 bits per heavy atom. The lowest BCUT2D eigenvalue weighted by atomic mass is 9.80. The molecule has 1 aromatic rings. The van der Waals surface area contributed by atoms with Crippen molar-refractivity contribution in [2.24, 2.45) is 17.4 Å². The lowest BCUT2D eigenvalue weighted by molar-refractivity contribution is 0.205. The number of benzene rings is 1. The zero-order chi connectivity index (χ0) is 15.1. The van der Waals surface area contributed by atoms with Crippen molar-refractivity contribution in [1.82, 2.24) is 10.6 Å². The predicted molar refractivity (Wildman–Crippen MR) is 84.8 cm³/mol. The van der Waals surface area contributed by atoms with Crippen molar-refractivity contribution in [3.05, 3.63) is 35.9 Å². The van der Waals surface area contributed by atoms with Gasteiger partial charge in [0.25, 0.3) is 0 Å². The molecule has 5 heteroatoms. The van der Waals surface area contributed by atoms with Gasteiger partial charge in [0.15, 0.2) is 0 Å². The quantitative estimate of drug-likeness (QED) is 0.603. The van der Waals surface area contributed by atoms with E-state index in [2.05, 4.69) is 22.8 Å². The second kappa shape index (κ2) is 8.00. The molecule has 6 N–H and O–H groups in total. The van der Waals surface area contributed by atoms with Gasteiger partial charge in [-0.2, -0.15) is 0 Å². The smallest absolute Gasteiger partial charge is 0.315 e. The summed E-state index contributed by atoms with van der Waals surface area (Å²) in [7, 11) is 0. The van der Waals surface area contributed by atoms with E-state index in [1.165, 1.54) is 5.56 Å². The lowest BCUT2D eigenvalue weighted by Crippen LogP contribution is -2.50. The zero-order valence-electron chi connectivity index (χ0n) is 12.4. The van der Waals surface area contributed by atoms with E-state index in [0.717, 1.165) is 25.7 Å². The molecule has 0 aliphatic heterocycles. The molecule has 1 aliphatic carbocycles. The van der Waals surface area contributed by atoms with Crippen LogP contribution in [0.2, 0.25) is 0 Å². The molecule has 2 amide bonds. The predicted octanol–water partition coefficient (Wildman–Crippen LogP) is 0.983. The minimum Gasteiger partial charge on any atom is -0.338 e. The normalized spacial score (nSPS) is 22.2. The van der Waals surface area contributed by atoms with Crippen molar-refractivity contribution in [2.75, 3.05) is 13.1 Å². The van der Waals surface area contributed by atoms with Gasteiger partial charge in [0.2, 0.25) is 0 Å². The molecule has 0 heterocycles. The first kappa shape index (κ1) is 15.8. The summed E-state index contributed by atoms with van der Waals surface area (Å²) >= 11 is 0. The van der Waals surface area contributed by atoms with E-state index in [-0.39, 0.29) is 18.1 Å². The molecular formula is C16H26N4O. The molecule has 1 aliphatic rings. The van der Waals surface area contributed by atoms with E-state index < -0.39 is 0 Å². The van der Waals surface area contributed by atoms with Crippen molar-refractivity contribution < 1.29 is 4.79 Å². The molecule has 1 aromatic carbocycles. The largest absolute Gasteiger partial charge is 0.338 e. The van der Waals surface area contributed by atoms with E-state index >= 15 is 0 Å². The number of nitrogens with two attached hydrogens (primary N) is 2. The summed E-state index contributed by atoms with van der Waals surface area (Å²) in [5.41, 5.74) is 12.9. The first-order valence-corrected chi connectivity index (χ1v) is 7.71. The molecule has 0 radical (unpaired) electrons. The van der Waals surface area contributed by atoms with Crippen LogP contribution in [0, 0.1) is 5.92 Å². The molecule has 1 saturated carbocycles. The van der Waals surface area contributed by atoms with Gasteiger partial charge in [-0.05, 0) is 43.7 Å². The molecule has 1 atom stereocenters. The SMILES string of the molecule is NCC1CC(NC(=O)NCCC(N)Cc2ccccc2)C1. The summed E-state index contributed by atoms with van der Waals surface area (Å²) in [4.78, 5) is 11.7. The molecule has 5 nitrogen and oxygen atoms in total. The maximum atomic E-state index is 11.7. The fourth-order valence-electron chi connectivity index (χ4n) is 2.67. The van der Waals surface area contributed by atoms with Crippen LogP contribution in [0.4, 0.5) is 4.79 Å². The Morgan fingerprint density at radius 2 is 2.00 bits per heavy atom. The molecule has 0 spiro atoms. The highest BCUT2D eigenvalue weighted by Crippen LogP contribution is 2.25. The molecule has 116 valence electrons. The summed E-state index contributed by atoms with van der Waals surface area (Å²) in [6.45, 7) is 1.32. The van der Waals surface area contributed by atoms with E-state index in [1.54, 1.807) is 0 Å². The van der Waals surface area contributed by atoms with Crippen LogP contribution in [0.3, 0.4) is 0 Å². The third-order valence-electron chi connectivity index (χ3n) is 4.05. The van der Waals surface area contributed by atoms with Crippen LogP contribution in [0.5, 0.6) is 0 Å². The summed E-state index contributed by atoms with van der Waals surface area (Å²) in [5, 5.41) is 5.83. The second-order valence-electron chi connectivity index (χ2n) is 5.91. The van der Waals surface area contributed by atoms with Crippen molar-refractivity contribution >= 4 is 6.03 Å². The molecule has 1 unspecified atom stereocenters. The fraction of sp³-hybridized carbons (Fsp3) is 0.562. The van der Waals surface area contributed by atoms with Gasteiger partial charge in [0.05, 0.1) is 0 Å². The van der Waals surface area contributed by atoms with E-state index in [0.29, 0.717) is 19.0 Å². The number of carbonyl (C=O) groups is 1. The fourth-order valence-corrected chi connectivity index (χ4v) is 2.67. The summed E-state index contributed by atoms with van der Waals surface area (Å²) in [6, 6.07) is 10.4. The van der Waals surface area contributed by atoms with Crippen LogP contribution in [0.15, 0.2) is 30.3 Å². The second-order valence-corrected chi connectivity index (χ2v) is 5.91. The van der Waals surface area contributed by atoms with Gasteiger partial charge in [-0.1, -0.05) is 30.3 Å². The lowest BCUT2D eigenvalue weighted by Gasteiger charge is -2.34. The van der Waals surface area contributed by atoms with E-state index in [4.69, 9.17) is 11.5 Å². The Bertz CT molecular complexity index is 431. The summed E-state index contributed by atoms with van der Waals surface area (Å²) in [5.74, 6) is 0.578. The standard InChI is InChI=1S/C16H26N4O/c17-11-13-9-15(10-13)20-16(21)19-7-6-14(18)8-12-4-2-1-3-5-12/h1-5,13-15H,6-11,17-18H2,(H2,19,20,21). The van der Waals surface area contributed by atoms with Crippen molar-refractivity contribution in [3.8, 4) is 0 Å². The average Bonchev–Trinajstić information content (AvgIpc) is 2.43. The summed E-state index contributed by atoms with van der Waals surface area (Å²) in [6.07, 6.45) is 3.61. The van der Waals surface area contributed by atoms with E-state index in [9.17, 15) is 4.79 Å². The zero-order valence-corrected chi connectivity index (χ0v) is 12.4. The van der Waals surface area contributed by atoms with Gasteiger partial charge in [-0.3, -0.25) is 0 Å². The first-order chi connectivity index (χ1) is 10.2. The minimum atomic E-state index is -0.0950. The average molecular weight is 290 g/mol. The number of hydrogen-bond donors (Lipinski definition) is 4. The Balaban J connectivity index is 1.55. The Hall–Kier alpha value is -1.59. The number of urea groups is 1. The van der Waals surface area contributed by atoms with Crippen LogP contribution in [-0.2, 0) is 6.42 Å². The molecule has 1 fully saturated rings. The maximum absolute atomic E-state index is 11.7. The van der Waals surface area contributed by atoms with Gasteiger partial charge in [-0.15, -0.1) is 0 Å².